The lowest BCUT2D eigenvalue weighted by atomic mass is 10.1. The predicted molar refractivity (Wildman–Crippen MR) is 88.3 cm³/mol. The molecule has 1 saturated heterocycles. The molecule has 0 spiro atoms. The molecule has 0 aromatic carbocycles. The second kappa shape index (κ2) is 6.63. The Morgan fingerprint density at radius 1 is 1.38 bits per heavy atom. The van der Waals surface area contributed by atoms with Crippen molar-refractivity contribution in [3.8, 4) is 0 Å². The Morgan fingerprint density at radius 2 is 2.19 bits per heavy atom. The normalized spacial score (nSPS) is 26.3. The molecule has 2 atom stereocenters. The van der Waals surface area contributed by atoms with E-state index >= 15 is 0 Å². The number of ether oxygens (including phenoxy) is 1. The molecule has 2 fully saturated rings. The van der Waals surface area contributed by atoms with E-state index in [0.29, 0.717) is 12.1 Å². The maximum atomic E-state index is 5.82. The van der Waals surface area contributed by atoms with Gasteiger partial charge >= 0.3 is 0 Å². The highest BCUT2D eigenvalue weighted by Gasteiger charge is 2.33. The topological polar surface area (TPSA) is 37.4 Å². The van der Waals surface area contributed by atoms with E-state index in [2.05, 4.69) is 31.0 Å². The van der Waals surface area contributed by atoms with E-state index in [0.717, 1.165) is 38.6 Å². The largest absolute Gasteiger partial charge is 0.375 e. The molecule has 1 aromatic heterocycles. The van der Waals surface area contributed by atoms with Crippen molar-refractivity contribution in [3.05, 3.63) is 10.6 Å². The van der Waals surface area contributed by atoms with Gasteiger partial charge in [0, 0.05) is 23.9 Å². The third-order valence-electron chi connectivity index (χ3n) is 4.40. The monoisotopic (exact) mass is 309 g/mol. The molecule has 5 heteroatoms. The first-order chi connectivity index (χ1) is 10.2. The lowest BCUT2D eigenvalue weighted by Crippen LogP contribution is -2.48. The molecule has 1 N–H and O–H groups in total. The number of nitrogens with one attached hydrogen (secondary N) is 1. The summed E-state index contributed by atoms with van der Waals surface area (Å²) in [5.41, 5.74) is 1.37. The van der Waals surface area contributed by atoms with Crippen LogP contribution in [0.15, 0.2) is 0 Å². The predicted octanol–water partition coefficient (Wildman–Crippen LogP) is 3.13. The Bertz CT molecular complexity index is 472. The molecule has 3 rings (SSSR count). The Balaban J connectivity index is 1.82. The quantitative estimate of drug-likeness (QED) is 0.876. The fourth-order valence-electron chi connectivity index (χ4n) is 2.93. The van der Waals surface area contributed by atoms with Crippen LogP contribution in [-0.2, 0) is 11.3 Å². The zero-order valence-electron chi connectivity index (χ0n) is 13.4. The number of thiazole rings is 1. The van der Waals surface area contributed by atoms with Crippen molar-refractivity contribution in [3.63, 3.8) is 0 Å². The van der Waals surface area contributed by atoms with Gasteiger partial charge in [-0.3, -0.25) is 0 Å². The van der Waals surface area contributed by atoms with E-state index in [1.54, 1.807) is 0 Å². The Kier molecular flexibility index (Phi) is 4.82. The highest BCUT2D eigenvalue weighted by Crippen LogP contribution is 2.44. The maximum Gasteiger partial charge on any atom is 0.186 e. The van der Waals surface area contributed by atoms with E-state index in [4.69, 9.17) is 9.72 Å². The van der Waals surface area contributed by atoms with Crippen LogP contribution in [0.4, 0.5) is 5.13 Å². The number of anilines is 1. The van der Waals surface area contributed by atoms with Crippen molar-refractivity contribution in [1.82, 2.24) is 10.3 Å². The molecular formula is C16H27N3OS. The molecule has 1 aliphatic carbocycles. The van der Waals surface area contributed by atoms with Crippen molar-refractivity contribution in [1.29, 1.82) is 0 Å². The standard InChI is InChI=1S/C16H27N3OS/c1-4-13-10-20-11(3)9-19(13)16-18-15(12-6-7-12)14(21-16)8-17-5-2/h11-13,17H,4-10H2,1-3H3. The molecule has 0 amide bonds. The summed E-state index contributed by atoms with van der Waals surface area (Å²) in [5.74, 6) is 0.724. The van der Waals surface area contributed by atoms with Crippen molar-refractivity contribution in [2.24, 2.45) is 0 Å². The summed E-state index contributed by atoms with van der Waals surface area (Å²) in [5, 5.41) is 4.68. The number of morpholine rings is 1. The highest BCUT2D eigenvalue weighted by atomic mass is 32.1. The van der Waals surface area contributed by atoms with E-state index in [-0.39, 0.29) is 0 Å². The SMILES string of the molecule is CCNCc1sc(N2CC(C)OCC2CC)nc1C1CC1. The fourth-order valence-corrected chi connectivity index (χ4v) is 4.13. The molecule has 1 aliphatic heterocycles. The Labute approximate surface area is 131 Å². The second-order valence-corrected chi connectivity index (χ2v) is 7.28. The van der Waals surface area contributed by atoms with Gasteiger partial charge in [0.05, 0.1) is 24.4 Å². The second-order valence-electron chi connectivity index (χ2n) is 6.22. The average Bonchev–Trinajstić information content (AvgIpc) is 3.25. The van der Waals surface area contributed by atoms with Crippen LogP contribution < -0.4 is 10.2 Å². The van der Waals surface area contributed by atoms with E-state index in [1.807, 2.05) is 11.3 Å². The van der Waals surface area contributed by atoms with Crippen LogP contribution in [0.5, 0.6) is 0 Å². The molecule has 118 valence electrons. The van der Waals surface area contributed by atoms with Crippen LogP contribution in [0.25, 0.3) is 0 Å². The lowest BCUT2D eigenvalue weighted by molar-refractivity contribution is 0.0299. The maximum absolute atomic E-state index is 5.82. The molecule has 1 saturated carbocycles. The summed E-state index contributed by atoms with van der Waals surface area (Å²) in [6, 6.07) is 0.478. The van der Waals surface area contributed by atoms with Gasteiger partial charge in [-0.15, -0.1) is 11.3 Å². The zero-order valence-corrected chi connectivity index (χ0v) is 14.2. The lowest BCUT2D eigenvalue weighted by Gasteiger charge is -2.38. The van der Waals surface area contributed by atoms with Crippen LogP contribution >= 0.6 is 11.3 Å². The first-order valence-electron chi connectivity index (χ1n) is 8.31. The smallest absolute Gasteiger partial charge is 0.186 e. The summed E-state index contributed by atoms with van der Waals surface area (Å²) < 4.78 is 5.82. The number of aromatic nitrogens is 1. The van der Waals surface area contributed by atoms with Crippen molar-refractivity contribution in [2.45, 2.75) is 64.6 Å². The van der Waals surface area contributed by atoms with Crippen molar-refractivity contribution < 1.29 is 4.74 Å². The minimum atomic E-state index is 0.304. The van der Waals surface area contributed by atoms with Gasteiger partial charge in [0.15, 0.2) is 5.13 Å². The Hall–Kier alpha value is -0.650. The molecule has 1 aromatic rings. The third-order valence-corrected chi connectivity index (χ3v) is 5.51. The molecule has 4 nitrogen and oxygen atoms in total. The summed E-state index contributed by atoms with van der Waals surface area (Å²) in [7, 11) is 0. The molecule has 21 heavy (non-hydrogen) atoms. The summed E-state index contributed by atoms with van der Waals surface area (Å²) in [6.07, 6.45) is 4.06. The van der Waals surface area contributed by atoms with E-state index in [9.17, 15) is 0 Å². The van der Waals surface area contributed by atoms with Crippen LogP contribution in [0.1, 0.15) is 56.5 Å². The third kappa shape index (κ3) is 3.41. The van der Waals surface area contributed by atoms with Crippen LogP contribution in [0.3, 0.4) is 0 Å². The number of rotatable bonds is 6. The number of nitrogens with zero attached hydrogens (tertiary/aromatic N) is 2. The first-order valence-corrected chi connectivity index (χ1v) is 9.13. The molecule has 0 radical (unpaired) electrons. The van der Waals surface area contributed by atoms with Crippen LogP contribution in [0, 0.1) is 0 Å². The van der Waals surface area contributed by atoms with Crippen LogP contribution in [0.2, 0.25) is 0 Å². The van der Waals surface area contributed by atoms with Gasteiger partial charge in [0.2, 0.25) is 0 Å². The van der Waals surface area contributed by atoms with Gasteiger partial charge in [-0.2, -0.15) is 0 Å². The van der Waals surface area contributed by atoms with Gasteiger partial charge in [0.25, 0.3) is 0 Å². The molecule has 0 bridgehead atoms. The van der Waals surface area contributed by atoms with Gasteiger partial charge in [-0.05, 0) is 32.7 Å². The van der Waals surface area contributed by atoms with Gasteiger partial charge in [-0.25, -0.2) is 4.98 Å². The zero-order chi connectivity index (χ0) is 14.8. The van der Waals surface area contributed by atoms with Crippen LogP contribution in [-0.4, -0.2) is 36.8 Å². The molecule has 2 unspecified atom stereocenters. The van der Waals surface area contributed by atoms with E-state index < -0.39 is 0 Å². The summed E-state index contributed by atoms with van der Waals surface area (Å²) >= 11 is 1.89. The fraction of sp³-hybridized carbons (Fsp3) is 0.812. The summed E-state index contributed by atoms with van der Waals surface area (Å²) in [4.78, 5) is 8.96. The van der Waals surface area contributed by atoms with Gasteiger partial charge in [-0.1, -0.05) is 13.8 Å². The average molecular weight is 309 g/mol. The number of hydrogen-bond donors (Lipinski definition) is 1. The van der Waals surface area contributed by atoms with Gasteiger partial charge in [0.1, 0.15) is 0 Å². The molecule has 2 aliphatic rings. The minimum absolute atomic E-state index is 0.304. The number of hydrogen-bond acceptors (Lipinski definition) is 5. The molecule has 2 heterocycles. The van der Waals surface area contributed by atoms with E-state index in [1.165, 1.54) is 28.5 Å². The molecular weight excluding hydrogens is 282 g/mol. The first kappa shape index (κ1) is 15.3. The van der Waals surface area contributed by atoms with Crippen molar-refractivity contribution >= 4 is 16.5 Å². The Morgan fingerprint density at radius 3 is 2.86 bits per heavy atom. The van der Waals surface area contributed by atoms with Crippen molar-refractivity contribution in [2.75, 3.05) is 24.6 Å². The highest BCUT2D eigenvalue weighted by molar-refractivity contribution is 7.15. The van der Waals surface area contributed by atoms with Gasteiger partial charge < -0.3 is 15.0 Å². The minimum Gasteiger partial charge on any atom is -0.375 e. The summed E-state index contributed by atoms with van der Waals surface area (Å²) in [6.45, 7) is 10.4.